The first-order valence-corrected chi connectivity index (χ1v) is 4.05. The molecule has 1 N–H and O–H groups in total. The maximum atomic E-state index is 8.63. The quantitative estimate of drug-likeness (QED) is 0.249. The molecule has 0 fully saturated rings. The first-order valence-electron chi connectivity index (χ1n) is 1.35. The minimum absolute atomic E-state index is 0. The Kier molecular flexibility index (Phi) is 17.7. The van der Waals surface area contributed by atoms with Crippen molar-refractivity contribution in [3.63, 3.8) is 0 Å². The normalized spacial score (nSPS) is 9.67. The summed E-state index contributed by atoms with van der Waals surface area (Å²) in [6, 6.07) is 0. The molecule has 0 aliphatic heterocycles. The molecule has 0 atom stereocenters. The molecule has 0 aliphatic carbocycles. The van der Waals surface area contributed by atoms with E-state index in [1.807, 2.05) is 0 Å². The zero-order valence-corrected chi connectivity index (χ0v) is 10.9. The van der Waals surface area contributed by atoms with E-state index in [-0.39, 0.29) is 52.6 Å². The fraction of sp³-hybridized carbons (Fsp3) is 0. The van der Waals surface area contributed by atoms with E-state index in [1.165, 1.54) is 0 Å². The van der Waals surface area contributed by atoms with E-state index in [0.29, 0.717) is 0 Å². The van der Waals surface area contributed by atoms with Crippen LogP contribution in [0, 0.1) is 0 Å². The van der Waals surface area contributed by atoms with Crippen LogP contribution in [0.5, 0.6) is 0 Å². The predicted octanol–water partition coefficient (Wildman–Crippen LogP) is -5.71. The van der Waals surface area contributed by atoms with Gasteiger partial charge in [-0.25, -0.2) is 8.42 Å². The van der Waals surface area contributed by atoms with Crippen molar-refractivity contribution in [3.05, 3.63) is 0 Å². The third kappa shape index (κ3) is 560. The molecular weight excluding hydrogens is 239 g/mol. The molecule has 0 aromatic heterocycles. The summed E-state index contributed by atoms with van der Waals surface area (Å²) in [7, 11) is -10.1. The van der Waals surface area contributed by atoms with Gasteiger partial charge in [-0.3, -0.25) is 13.0 Å². The maximum Gasteiger partial charge on any atom is 2.00 e. The molecule has 12 heteroatoms. The number of rotatable bonds is 0. The summed E-state index contributed by atoms with van der Waals surface area (Å²) < 4.78 is 66.9. The van der Waals surface area contributed by atoms with Crippen LogP contribution in [0.1, 0.15) is 0 Å². The second-order valence-corrected chi connectivity index (χ2v) is 2.51. The van der Waals surface area contributed by atoms with Gasteiger partial charge in [-0.15, -0.1) is 0 Å². The molecule has 0 rings (SSSR count). The van der Waals surface area contributed by atoms with Crippen molar-refractivity contribution in [2.24, 2.45) is 0 Å². The van der Waals surface area contributed by atoms with Crippen molar-refractivity contribution in [1.29, 1.82) is 0 Å². The van der Waals surface area contributed by atoms with Gasteiger partial charge in [0.1, 0.15) is 0 Å². The molecule has 0 aromatic carbocycles. The third-order valence-electron chi connectivity index (χ3n) is 0. The standard InChI is InChI=1S/Mg.Na.2H2O4S/c;;2*1-5(2,3)4/h;;2*(H2,1,2,3,4)/q+2;+1;;/p-3. The van der Waals surface area contributed by atoms with Gasteiger partial charge in [0.2, 0.25) is 10.4 Å². The Bertz CT molecular complexity index is 213. The number of hydrogen-bond donors (Lipinski definition) is 1. The van der Waals surface area contributed by atoms with Gasteiger partial charge in [0.15, 0.2) is 0 Å². The van der Waals surface area contributed by atoms with Crippen molar-refractivity contribution in [2.45, 2.75) is 0 Å². The Hall–Kier alpha value is 1.51. The molecule has 8 nitrogen and oxygen atoms in total. The average molecular weight is 240 g/mol. The Morgan fingerprint density at radius 2 is 0.917 bits per heavy atom. The van der Waals surface area contributed by atoms with E-state index >= 15 is 0 Å². The predicted molar refractivity (Wildman–Crippen MR) is 28.6 cm³/mol. The Morgan fingerprint density at radius 3 is 0.917 bits per heavy atom. The minimum atomic E-state index is -5.17. The van der Waals surface area contributed by atoms with Crippen LogP contribution in [0.3, 0.4) is 0 Å². The summed E-state index contributed by atoms with van der Waals surface area (Å²) in [5.74, 6) is 0. The smallest absolute Gasteiger partial charge is 0.759 e. The van der Waals surface area contributed by atoms with Gasteiger partial charge >= 0.3 is 52.6 Å². The van der Waals surface area contributed by atoms with E-state index in [2.05, 4.69) is 0 Å². The summed E-state index contributed by atoms with van der Waals surface area (Å²) in [6.07, 6.45) is 0. The van der Waals surface area contributed by atoms with Crippen LogP contribution in [-0.2, 0) is 20.8 Å². The molecule has 0 amide bonds. The van der Waals surface area contributed by atoms with Crippen molar-refractivity contribution in [1.82, 2.24) is 0 Å². The molecular formula is HMgNaO8S2. The Morgan fingerprint density at radius 1 is 0.917 bits per heavy atom. The van der Waals surface area contributed by atoms with Crippen molar-refractivity contribution in [3.8, 4) is 0 Å². The van der Waals surface area contributed by atoms with Gasteiger partial charge in [-0.05, 0) is 0 Å². The fourth-order valence-corrected chi connectivity index (χ4v) is 0. The van der Waals surface area contributed by atoms with Crippen LogP contribution in [0.4, 0.5) is 0 Å². The van der Waals surface area contributed by atoms with Crippen LogP contribution >= 0.6 is 0 Å². The molecule has 64 valence electrons. The van der Waals surface area contributed by atoms with Gasteiger partial charge in [0.25, 0.3) is 0 Å². The Balaban J connectivity index is -0.0000000457. The molecule has 0 bridgehead atoms. The van der Waals surface area contributed by atoms with Gasteiger partial charge in [0.05, 0.1) is 0 Å². The summed E-state index contributed by atoms with van der Waals surface area (Å²) in [5.41, 5.74) is 0. The van der Waals surface area contributed by atoms with Gasteiger partial charge in [-0.2, -0.15) is 0 Å². The monoisotopic (exact) mass is 240 g/mol. The summed E-state index contributed by atoms with van der Waals surface area (Å²) >= 11 is 0. The zero-order valence-electron chi connectivity index (χ0n) is 5.83. The summed E-state index contributed by atoms with van der Waals surface area (Å²) in [6.45, 7) is 0. The summed E-state index contributed by atoms with van der Waals surface area (Å²) in [5, 5.41) is 0. The van der Waals surface area contributed by atoms with Crippen molar-refractivity contribution in [2.75, 3.05) is 0 Å². The van der Waals surface area contributed by atoms with E-state index in [9.17, 15) is 0 Å². The fourth-order valence-electron chi connectivity index (χ4n) is 0. The molecule has 0 unspecified atom stereocenters. The topological polar surface area (TPSA) is 158 Å². The molecule has 0 saturated carbocycles. The second-order valence-electron chi connectivity index (χ2n) is 0.836. The second kappa shape index (κ2) is 9.08. The van der Waals surface area contributed by atoms with Gasteiger partial charge < -0.3 is 13.7 Å². The molecule has 0 aromatic rings. The van der Waals surface area contributed by atoms with Gasteiger partial charge in [-0.1, -0.05) is 0 Å². The maximum absolute atomic E-state index is 8.63. The molecule has 12 heavy (non-hydrogen) atoms. The molecule has 0 saturated heterocycles. The largest absolute Gasteiger partial charge is 2.00 e. The van der Waals surface area contributed by atoms with E-state index < -0.39 is 20.8 Å². The molecule has 0 radical (unpaired) electrons. The first-order chi connectivity index (χ1) is 4.00. The first kappa shape index (κ1) is 23.4. The zero-order chi connectivity index (χ0) is 9.00. The Labute approximate surface area is 107 Å². The van der Waals surface area contributed by atoms with E-state index in [0.717, 1.165) is 0 Å². The molecule has 0 aliphatic rings. The van der Waals surface area contributed by atoms with Crippen LogP contribution in [0.25, 0.3) is 0 Å². The minimum Gasteiger partial charge on any atom is -0.759 e. The average Bonchev–Trinajstić information content (AvgIpc) is 1.12. The van der Waals surface area contributed by atoms with Crippen LogP contribution in [0.2, 0.25) is 0 Å². The SMILES string of the molecule is O=S(=O)([O-])O.O=S(=O)([O-])[O-].[Mg+2].[Na+]. The van der Waals surface area contributed by atoms with Crippen LogP contribution in [-0.4, -0.2) is 58.1 Å². The summed E-state index contributed by atoms with van der Waals surface area (Å²) in [4.78, 5) is 0. The molecule has 0 spiro atoms. The van der Waals surface area contributed by atoms with Crippen molar-refractivity contribution < 1.29 is 64.6 Å². The van der Waals surface area contributed by atoms with E-state index in [4.69, 9.17) is 35.0 Å². The van der Waals surface area contributed by atoms with Crippen LogP contribution < -0.4 is 29.6 Å². The van der Waals surface area contributed by atoms with E-state index in [1.54, 1.807) is 0 Å². The molecule has 0 heterocycles. The van der Waals surface area contributed by atoms with Gasteiger partial charge in [0, 0.05) is 10.4 Å². The number of hydrogen-bond acceptors (Lipinski definition) is 7. The third-order valence-corrected chi connectivity index (χ3v) is 0. The van der Waals surface area contributed by atoms with Crippen LogP contribution in [0.15, 0.2) is 0 Å². The van der Waals surface area contributed by atoms with Crippen molar-refractivity contribution >= 4 is 43.9 Å².